The lowest BCUT2D eigenvalue weighted by molar-refractivity contribution is -0.386. The number of carboxylic acids is 2. The highest BCUT2D eigenvalue weighted by Crippen LogP contribution is 2.40. The largest absolute Gasteiger partial charge is 0.493 e. The van der Waals surface area contributed by atoms with Crippen molar-refractivity contribution in [3.8, 4) is 11.5 Å². The molecule has 0 radical (unpaired) electrons. The van der Waals surface area contributed by atoms with E-state index in [9.17, 15) is 19.7 Å². The zero-order chi connectivity index (χ0) is 15.4. The van der Waals surface area contributed by atoms with Crippen LogP contribution in [0, 0.1) is 10.1 Å². The molecule has 0 saturated heterocycles. The first-order valence-electron chi connectivity index (χ1n) is 4.92. The highest BCUT2D eigenvalue weighted by molar-refractivity contribution is 9.10. The zero-order valence-electron chi connectivity index (χ0n) is 9.90. The van der Waals surface area contributed by atoms with Crippen molar-refractivity contribution in [2.24, 2.45) is 0 Å². The number of carbonyl (C=O) groups is 2. The molecule has 0 aliphatic rings. The quantitative estimate of drug-likeness (QED) is 0.445. The molecule has 1 aromatic rings. The summed E-state index contributed by atoms with van der Waals surface area (Å²) in [5, 5.41) is 28.4. The molecule has 10 heteroatoms. The number of nitro benzene ring substituents is 1. The number of aliphatic carboxylic acids is 2. The lowest BCUT2D eigenvalue weighted by Gasteiger charge is -2.14. The standard InChI is InChI=1S/C10H8BrNO8/c1-19-6-3-4(11)2-5(12(17)18)7(6)20-8(9(13)14)10(15)16/h2-3,8H,1H3,(H,13,14)(H,15,16). The highest BCUT2D eigenvalue weighted by Gasteiger charge is 2.33. The second-order valence-electron chi connectivity index (χ2n) is 3.39. The minimum absolute atomic E-state index is 0.168. The minimum atomic E-state index is -2.29. The van der Waals surface area contributed by atoms with E-state index in [1.165, 1.54) is 13.2 Å². The summed E-state index contributed by atoms with van der Waals surface area (Å²) in [4.78, 5) is 31.6. The van der Waals surface area contributed by atoms with Crippen molar-refractivity contribution in [2.75, 3.05) is 7.11 Å². The predicted octanol–water partition coefficient (Wildman–Crippen LogP) is 1.28. The van der Waals surface area contributed by atoms with Gasteiger partial charge in [-0.05, 0) is 6.07 Å². The summed E-state index contributed by atoms with van der Waals surface area (Å²) in [5.74, 6) is -4.33. The number of rotatable bonds is 6. The average molecular weight is 350 g/mol. The van der Waals surface area contributed by atoms with Crippen molar-refractivity contribution in [2.45, 2.75) is 6.10 Å². The third kappa shape index (κ3) is 3.35. The van der Waals surface area contributed by atoms with Gasteiger partial charge in [0.05, 0.1) is 12.0 Å². The number of hydrogen-bond acceptors (Lipinski definition) is 6. The fourth-order valence-corrected chi connectivity index (χ4v) is 1.71. The van der Waals surface area contributed by atoms with Gasteiger partial charge >= 0.3 is 17.6 Å². The molecule has 2 N–H and O–H groups in total. The molecule has 1 rings (SSSR count). The number of hydrogen-bond donors (Lipinski definition) is 2. The molecule has 0 saturated carbocycles. The maximum absolute atomic E-state index is 10.9. The number of ether oxygens (including phenoxy) is 2. The predicted molar refractivity (Wildman–Crippen MR) is 67.0 cm³/mol. The molecule has 0 aliphatic heterocycles. The molecule has 0 aromatic heterocycles. The Bertz CT molecular complexity index is 559. The van der Waals surface area contributed by atoms with Gasteiger partial charge in [0.1, 0.15) is 0 Å². The van der Waals surface area contributed by atoms with E-state index in [4.69, 9.17) is 19.7 Å². The molecule has 9 nitrogen and oxygen atoms in total. The Morgan fingerprint density at radius 2 is 1.90 bits per heavy atom. The molecule has 0 heterocycles. The fourth-order valence-electron chi connectivity index (χ4n) is 1.28. The van der Waals surface area contributed by atoms with Crippen molar-refractivity contribution in [3.63, 3.8) is 0 Å². The molecular weight excluding hydrogens is 342 g/mol. The molecule has 20 heavy (non-hydrogen) atoms. The van der Waals surface area contributed by atoms with Crippen LogP contribution in [-0.4, -0.2) is 40.3 Å². The third-order valence-corrected chi connectivity index (χ3v) is 2.56. The first-order valence-corrected chi connectivity index (χ1v) is 5.71. The van der Waals surface area contributed by atoms with E-state index >= 15 is 0 Å². The Kier molecular flexibility index (Phi) is 4.86. The van der Waals surface area contributed by atoms with Gasteiger partial charge in [-0.3, -0.25) is 10.1 Å². The molecular formula is C10H8BrNO8. The van der Waals surface area contributed by atoms with Gasteiger partial charge in [0, 0.05) is 10.5 Å². The number of methoxy groups -OCH3 is 1. The van der Waals surface area contributed by atoms with E-state index in [1.54, 1.807) is 0 Å². The van der Waals surface area contributed by atoms with Crippen LogP contribution in [0.25, 0.3) is 0 Å². The summed E-state index contributed by atoms with van der Waals surface area (Å²) in [6.45, 7) is 0. The molecule has 0 fully saturated rings. The molecule has 108 valence electrons. The van der Waals surface area contributed by atoms with E-state index in [-0.39, 0.29) is 10.2 Å². The van der Waals surface area contributed by atoms with Gasteiger partial charge in [-0.1, -0.05) is 15.9 Å². The maximum Gasteiger partial charge on any atom is 0.356 e. The Hall–Kier alpha value is -2.36. The first-order chi connectivity index (χ1) is 9.27. The normalized spacial score (nSPS) is 10.2. The smallest absolute Gasteiger partial charge is 0.356 e. The van der Waals surface area contributed by atoms with E-state index in [1.807, 2.05) is 0 Å². The van der Waals surface area contributed by atoms with Crippen LogP contribution in [-0.2, 0) is 9.59 Å². The van der Waals surface area contributed by atoms with Crippen LogP contribution in [0.5, 0.6) is 11.5 Å². The monoisotopic (exact) mass is 349 g/mol. The number of carboxylic acid groups (broad SMARTS) is 2. The second kappa shape index (κ2) is 6.19. The Morgan fingerprint density at radius 1 is 1.35 bits per heavy atom. The number of benzene rings is 1. The fraction of sp³-hybridized carbons (Fsp3) is 0.200. The van der Waals surface area contributed by atoms with Crippen LogP contribution in [0.1, 0.15) is 0 Å². The van der Waals surface area contributed by atoms with Crippen LogP contribution in [0.2, 0.25) is 0 Å². The molecule has 0 unspecified atom stereocenters. The van der Waals surface area contributed by atoms with Crippen molar-refractivity contribution < 1.29 is 34.2 Å². The van der Waals surface area contributed by atoms with E-state index in [0.29, 0.717) is 0 Å². The van der Waals surface area contributed by atoms with Gasteiger partial charge in [0.25, 0.3) is 6.10 Å². The van der Waals surface area contributed by atoms with Crippen molar-refractivity contribution in [1.82, 2.24) is 0 Å². The Balaban J connectivity index is 3.38. The molecule has 0 amide bonds. The molecule has 0 bridgehead atoms. The van der Waals surface area contributed by atoms with Crippen molar-refractivity contribution in [3.05, 3.63) is 26.7 Å². The van der Waals surface area contributed by atoms with Gasteiger partial charge in [0.15, 0.2) is 5.75 Å². The van der Waals surface area contributed by atoms with Gasteiger partial charge in [-0.15, -0.1) is 0 Å². The topological polar surface area (TPSA) is 136 Å². The van der Waals surface area contributed by atoms with Gasteiger partial charge in [-0.2, -0.15) is 0 Å². The summed E-state index contributed by atoms with van der Waals surface area (Å²) in [5.41, 5.74) is -0.622. The van der Waals surface area contributed by atoms with Crippen molar-refractivity contribution >= 4 is 33.6 Å². The van der Waals surface area contributed by atoms with Crippen LogP contribution < -0.4 is 9.47 Å². The van der Waals surface area contributed by atoms with Crippen LogP contribution in [0.4, 0.5) is 5.69 Å². The lowest BCUT2D eigenvalue weighted by atomic mass is 10.2. The van der Waals surface area contributed by atoms with Gasteiger partial charge in [0.2, 0.25) is 5.75 Å². The first kappa shape index (κ1) is 15.7. The Labute approximate surface area is 120 Å². The summed E-state index contributed by atoms with van der Waals surface area (Å²) < 4.78 is 9.84. The van der Waals surface area contributed by atoms with Crippen molar-refractivity contribution in [1.29, 1.82) is 0 Å². The highest BCUT2D eigenvalue weighted by atomic mass is 79.9. The van der Waals surface area contributed by atoms with Gasteiger partial charge < -0.3 is 19.7 Å². The molecule has 0 spiro atoms. The SMILES string of the molecule is COc1cc(Br)cc([N+](=O)[O-])c1OC(C(=O)O)C(=O)O. The number of nitrogens with zero attached hydrogens (tertiary/aromatic N) is 1. The summed E-state index contributed by atoms with van der Waals surface area (Å²) in [6.07, 6.45) is -2.29. The van der Waals surface area contributed by atoms with E-state index in [0.717, 1.165) is 6.07 Å². The van der Waals surface area contributed by atoms with Crippen LogP contribution >= 0.6 is 15.9 Å². The third-order valence-electron chi connectivity index (χ3n) is 2.10. The van der Waals surface area contributed by atoms with E-state index < -0.39 is 34.4 Å². The lowest BCUT2D eigenvalue weighted by Crippen LogP contribution is -2.35. The second-order valence-corrected chi connectivity index (χ2v) is 4.30. The molecule has 1 aromatic carbocycles. The zero-order valence-corrected chi connectivity index (χ0v) is 11.5. The Morgan fingerprint density at radius 3 is 2.30 bits per heavy atom. The minimum Gasteiger partial charge on any atom is -0.493 e. The summed E-state index contributed by atoms with van der Waals surface area (Å²) >= 11 is 3.01. The number of halogens is 1. The van der Waals surface area contributed by atoms with Crippen LogP contribution in [0.3, 0.4) is 0 Å². The molecule has 0 atom stereocenters. The average Bonchev–Trinajstić information content (AvgIpc) is 2.34. The van der Waals surface area contributed by atoms with Crippen LogP contribution in [0.15, 0.2) is 16.6 Å². The summed E-state index contributed by atoms with van der Waals surface area (Å²) in [6, 6.07) is 2.32. The van der Waals surface area contributed by atoms with E-state index in [2.05, 4.69) is 15.9 Å². The maximum atomic E-state index is 10.9. The molecule has 0 aliphatic carbocycles. The van der Waals surface area contributed by atoms with Gasteiger partial charge in [-0.25, -0.2) is 9.59 Å². The number of nitro groups is 1. The summed E-state index contributed by atoms with van der Waals surface area (Å²) in [7, 11) is 1.18.